The Kier molecular flexibility index (Phi) is 4.53. The molecule has 2 aliphatic rings. The maximum atomic E-state index is 14.2. The van der Waals surface area contributed by atoms with Crippen LogP contribution in [0.25, 0.3) is 0 Å². The summed E-state index contributed by atoms with van der Waals surface area (Å²) in [4.78, 5) is 10.5. The van der Waals surface area contributed by atoms with Gasteiger partial charge in [-0.1, -0.05) is 19.8 Å². The number of ether oxygens (including phenoxy) is 1. The predicted molar refractivity (Wildman–Crippen MR) is 80.1 cm³/mol. The van der Waals surface area contributed by atoms with Gasteiger partial charge in [-0.2, -0.15) is 4.98 Å². The maximum absolute atomic E-state index is 14.2. The molecule has 2 heterocycles. The molecule has 0 aromatic carbocycles. The van der Waals surface area contributed by atoms with Crippen LogP contribution < -0.4 is 10.2 Å². The van der Waals surface area contributed by atoms with Crippen LogP contribution in [0, 0.1) is 5.82 Å². The van der Waals surface area contributed by atoms with Crippen molar-refractivity contribution in [3.05, 3.63) is 12.0 Å². The Morgan fingerprint density at radius 3 is 3.14 bits per heavy atom. The van der Waals surface area contributed by atoms with Gasteiger partial charge in [-0.25, -0.2) is 9.37 Å². The summed E-state index contributed by atoms with van der Waals surface area (Å²) in [5.41, 5.74) is 0. The second-order valence-corrected chi connectivity index (χ2v) is 5.75. The minimum atomic E-state index is -0.344. The Hall–Kier alpha value is -1.43. The van der Waals surface area contributed by atoms with Crippen molar-refractivity contribution in [1.29, 1.82) is 0 Å². The summed E-state index contributed by atoms with van der Waals surface area (Å²) in [5.74, 6) is 0.583. The average Bonchev–Trinajstić information content (AvgIpc) is 2.54. The number of hydrogen-bond acceptors (Lipinski definition) is 5. The van der Waals surface area contributed by atoms with E-state index in [1.54, 1.807) is 0 Å². The maximum Gasteiger partial charge on any atom is 0.224 e. The quantitative estimate of drug-likeness (QED) is 0.925. The Bertz CT molecular complexity index is 483. The summed E-state index contributed by atoms with van der Waals surface area (Å²) in [6.07, 6.45) is 6.96. The molecule has 6 heteroatoms. The minimum Gasteiger partial charge on any atom is -0.374 e. The molecule has 0 radical (unpaired) electrons. The van der Waals surface area contributed by atoms with Crippen molar-refractivity contribution in [2.75, 3.05) is 29.9 Å². The lowest BCUT2D eigenvalue weighted by molar-refractivity contribution is -0.00924. The number of aromatic nitrogens is 2. The van der Waals surface area contributed by atoms with Crippen LogP contribution in [-0.4, -0.2) is 41.8 Å². The van der Waals surface area contributed by atoms with Gasteiger partial charge in [0, 0.05) is 13.1 Å². The molecule has 116 valence electrons. The summed E-state index contributed by atoms with van der Waals surface area (Å²) >= 11 is 0. The first kappa shape index (κ1) is 14.5. The number of anilines is 2. The number of rotatable bonds is 4. The van der Waals surface area contributed by atoms with Crippen molar-refractivity contribution >= 4 is 11.8 Å². The summed E-state index contributed by atoms with van der Waals surface area (Å²) in [6.45, 7) is 4.21. The van der Waals surface area contributed by atoms with Crippen LogP contribution in [0.2, 0.25) is 0 Å². The van der Waals surface area contributed by atoms with E-state index in [2.05, 4.69) is 27.1 Å². The summed E-state index contributed by atoms with van der Waals surface area (Å²) in [6, 6.07) is 0.246. The van der Waals surface area contributed by atoms with E-state index in [0.717, 1.165) is 25.8 Å². The lowest BCUT2D eigenvalue weighted by Crippen LogP contribution is -2.53. The van der Waals surface area contributed by atoms with Gasteiger partial charge in [-0.15, -0.1) is 0 Å². The number of nitrogens with zero attached hydrogens (tertiary/aromatic N) is 3. The normalized spacial score (nSPS) is 25.5. The Morgan fingerprint density at radius 1 is 1.43 bits per heavy atom. The number of halogens is 1. The highest BCUT2D eigenvalue weighted by Crippen LogP contribution is 2.32. The molecule has 1 aliphatic heterocycles. The Balaban J connectivity index is 1.83. The van der Waals surface area contributed by atoms with Gasteiger partial charge >= 0.3 is 0 Å². The highest BCUT2D eigenvalue weighted by Gasteiger charge is 2.36. The van der Waals surface area contributed by atoms with Crippen LogP contribution in [0.3, 0.4) is 0 Å². The minimum absolute atomic E-state index is 0.217. The molecule has 1 saturated carbocycles. The number of morpholine rings is 1. The molecule has 1 aromatic heterocycles. The van der Waals surface area contributed by atoms with Gasteiger partial charge < -0.3 is 15.0 Å². The predicted octanol–water partition coefficient (Wildman–Crippen LogP) is 2.59. The van der Waals surface area contributed by atoms with Gasteiger partial charge in [0.15, 0.2) is 11.6 Å². The van der Waals surface area contributed by atoms with Crippen LogP contribution in [0.15, 0.2) is 6.20 Å². The average molecular weight is 294 g/mol. The molecule has 2 unspecified atom stereocenters. The molecular formula is C15H23FN4O. The first-order valence-electron chi connectivity index (χ1n) is 7.94. The Labute approximate surface area is 124 Å². The molecule has 3 rings (SSSR count). The van der Waals surface area contributed by atoms with E-state index < -0.39 is 0 Å². The van der Waals surface area contributed by atoms with E-state index in [1.807, 2.05) is 0 Å². The van der Waals surface area contributed by atoms with Crippen molar-refractivity contribution in [1.82, 2.24) is 9.97 Å². The van der Waals surface area contributed by atoms with Crippen LogP contribution in [-0.2, 0) is 4.74 Å². The summed E-state index contributed by atoms with van der Waals surface area (Å²) < 4.78 is 20.0. The van der Waals surface area contributed by atoms with E-state index in [1.165, 1.54) is 19.0 Å². The van der Waals surface area contributed by atoms with E-state index in [9.17, 15) is 4.39 Å². The zero-order chi connectivity index (χ0) is 14.7. The van der Waals surface area contributed by atoms with Crippen molar-refractivity contribution in [2.24, 2.45) is 0 Å². The van der Waals surface area contributed by atoms with Crippen molar-refractivity contribution in [3.63, 3.8) is 0 Å². The molecule has 1 aliphatic carbocycles. The van der Waals surface area contributed by atoms with Gasteiger partial charge in [0.05, 0.1) is 24.9 Å². The van der Waals surface area contributed by atoms with Crippen molar-refractivity contribution in [3.8, 4) is 0 Å². The fraction of sp³-hybridized carbons (Fsp3) is 0.733. The van der Waals surface area contributed by atoms with E-state index in [4.69, 9.17) is 4.74 Å². The van der Waals surface area contributed by atoms with Crippen LogP contribution in [0.1, 0.15) is 39.0 Å². The third-order valence-electron chi connectivity index (χ3n) is 4.26. The van der Waals surface area contributed by atoms with E-state index in [0.29, 0.717) is 24.9 Å². The Morgan fingerprint density at radius 2 is 2.29 bits per heavy atom. The molecule has 2 fully saturated rings. The fourth-order valence-corrected chi connectivity index (χ4v) is 3.24. The van der Waals surface area contributed by atoms with E-state index >= 15 is 0 Å². The highest BCUT2D eigenvalue weighted by molar-refractivity contribution is 5.45. The van der Waals surface area contributed by atoms with Crippen LogP contribution in [0.5, 0.6) is 0 Å². The van der Waals surface area contributed by atoms with Gasteiger partial charge in [0.2, 0.25) is 5.95 Å². The number of nitrogens with one attached hydrogen (secondary N) is 1. The molecule has 1 N–H and O–H groups in total. The first-order chi connectivity index (χ1) is 10.3. The zero-order valence-electron chi connectivity index (χ0n) is 12.5. The molecule has 0 spiro atoms. The largest absolute Gasteiger partial charge is 0.374 e. The zero-order valence-corrected chi connectivity index (χ0v) is 12.5. The van der Waals surface area contributed by atoms with Gasteiger partial charge in [0.25, 0.3) is 0 Å². The topological polar surface area (TPSA) is 50.3 Å². The number of fused-ring (bicyclic) bond motifs is 1. The molecule has 5 nitrogen and oxygen atoms in total. The fourth-order valence-electron chi connectivity index (χ4n) is 3.24. The highest BCUT2D eigenvalue weighted by atomic mass is 19.1. The summed E-state index contributed by atoms with van der Waals surface area (Å²) in [5, 5.41) is 3.13. The van der Waals surface area contributed by atoms with Gasteiger partial charge in [-0.05, 0) is 19.3 Å². The van der Waals surface area contributed by atoms with Crippen molar-refractivity contribution in [2.45, 2.75) is 51.2 Å². The monoisotopic (exact) mass is 294 g/mol. The lowest BCUT2D eigenvalue weighted by atomic mass is 9.90. The van der Waals surface area contributed by atoms with Crippen molar-refractivity contribution < 1.29 is 9.13 Å². The molecule has 1 saturated heterocycles. The molecule has 0 bridgehead atoms. The smallest absolute Gasteiger partial charge is 0.224 e. The molecule has 1 aromatic rings. The van der Waals surface area contributed by atoms with E-state index in [-0.39, 0.29) is 18.0 Å². The second kappa shape index (κ2) is 6.56. The SMILES string of the molecule is CCCNc1ncc(F)c(N2CCOC3CCCCC32)n1. The third-order valence-corrected chi connectivity index (χ3v) is 4.26. The standard InChI is InChI=1S/C15H23FN4O/c1-2-7-17-15-18-10-11(16)14(19-15)20-8-9-21-13-6-4-3-5-12(13)20/h10,12-13H,2-9H2,1H3,(H,17,18,19). The second-order valence-electron chi connectivity index (χ2n) is 5.75. The molecule has 21 heavy (non-hydrogen) atoms. The van der Waals surface area contributed by atoms with Gasteiger partial charge in [-0.3, -0.25) is 0 Å². The first-order valence-corrected chi connectivity index (χ1v) is 7.94. The van der Waals surface area contributed by atoms with Crippen LogP contribution in [0.4, 0.5) is 16.2 Å². The number of hydrogen-bond donors (Lipinski definition) is 1. The summed E-state index contributed by atoms with van der Waals surface area (Å²) in [7, 11) is 0. The van der Waals surface area contributed by atoms with Gasteiger partial charge in [0.1, 0.15) is 0 Å². The lowest BCUT2D eigenvalue weighted by Gasteiger charge is -2.44. The third kappa shape index (κ3) is 3.10. The molecule has 0 amide bonds. The molecule has 2 atom stereocenters. The molecular weight excluding hydrogens is 271 g/mol. The van der Waals surface area contributed by atoms with Crippen LogP contribution >= 0.6 is 0 Å².